The van der Waals surface area contributed by atoms with Gasteiger partial charge in [-0.1, -0.05) is 36.4 Å². The molecule has 0 aliphatic carbocycles. The highest BCUT2D eigenvalue weighted by Crippen LogP contribution is 2.35. The van der Waals surface area contributed by atoms with Gasteiger partial charge in [-0.2, -0.15) is 0 Å². The van der Waals surface area contributed by atoms with Gasteiger partial charge in [-0.3, -0.25) is 4.79 Å². The number of hydrogen-bond acceptors (Lipinski definition) is 2. The minimum atomic E-state index is 0.0155. The van der Waals surface area contributed by atoms with Crippen LogP contribution in [0.15, 0.2) is 60.9 Å². The molecule has 29 heavy (non-hydrogen) atoms. The lowest BCUT2D eigenvalue weighted by molar-refractivity contribution is 0.0673. The number of imidazole rings is 1. The molecule has 0 saturated carbocycles. The van der Waals surface area contributed by atoms with E-state index in [1.54, 1.807) is 6.20 Å². The third-order valence-corrected chi connectivity index (χ3v) is 6.11. The lowest BCUT2D eigenvalue weighted by Gasteiger charge is -2.34. The van der Waals surface area contributed by atoms with Crippen LogP contribution in [0.5, 0.6) is 0 Å². The number of aromatic amines is 1. The molecule has 0 saturated heterocycles. The second-order valence-corrected chi connectivity index (χ2v) is 7.75. The van der Waals surface area contributed by atoms with E-state index in [1.165, 1.54) is 10.9 Å². The van der Waals surface area contributed by atoms with Gasteiger partial charge >= 0.3 is 0 Å². The largest absolute Gasteiger partial charge is 0.356 e. The van der Waals surface area contributed by atoms with Crippen molar-refractivity contribution in [3.8, 4) is 0 Å². The smallest absolute Gasteiger partial charge is 0.254 e. The number of carbonyl (C=O) groups is 1. The fourth-order valence-electron chi connectivity index (χ4n) is 4.48. The highest BCUT2D eigenvalue weighted by atomic mass is 16.2. The Morgan fingerprint density at radius 3 is 2.79 bits per heavy atom. The summed E-state index contributed by atoms with van der Waals surface area (Å²) in [4.78, 5) is 23.4. The maximum atomic E-state index is 13.6. The van der Waals surface area contributed by atoms with E-state index in [9.17, 15) is 4.79 Å². The van der Waals surface area contributed by atoms with Gasteiger partial charge in [0.2, 0.25) is 0 Å². The Balaban J connectivity index is 1.48. The number of H-pyrrole nitrogens is 1. The van der Waals surface area contributed by atoms with Crippen LogP contribution in [0.4, 0.5) is 0 Å². The summed E-state index contributed by atoms with van der Waals surface area (Å²) < 4.78 is 2.07. The summed E-state index contributed by atoms with van der Waals surface area (Å²) in [6.07, 6.45) is 4.62. The Labute approximate surface area is 170 Å². The number of rotatable bonds is 3. The Bertz CT molecular complexity index is 1200. The summed E-state index contributed by atoms with van der Waals surface area (Å²) >= 11 is 0. The van der Waals surface area contributed by atoms with Gasteiger partial charge in [-0.15, -0.1) is 0 Å². The van der Waals surface area contributed by atoms with Crippen molar-refractivity contribution < 1.29 is 4.79 Å². The molecule has 4 aromatic rings. The molecule has 5 heteroatoms. The van der Waals surface area contributed by atoms with Crippen molar-refractivity contribution in [1.29, 1.82) is 0 Å². The number of nitrogens with zero attached hydrogens (tertiary/aromatic N) is 3. The van der Waals surface area contributed by atoms with Crippen molar-refractivity contribution in [3.63, 3.8) is 0 Å². The standard InChI is InChI=1S/C24H24N4O/c1-16-23-21(20-9-5-6-10-22(20)26-23)11-13-28(16)24(29)19-8-4-3-7-18(19)15-27-14-12-25-17(27)2/h3-10,12,14,16,26H,11,13,15H2,1-2H3/t16-/m1/s1. The Morgan fingerprint density at radius 1 is 1.17 bits per heavy atom. The third-order valence-electron chi connectivity index (χ3n) is 6.11. The number of nitrogens with one attached hydrogen (secondary N) is 1. The van der Waals surface area contributed by atoms with E-state index in [0.29, 0.717) is 6.54 Å². The summed E-state index contributed by atoms with van der Waals surface area (Å²) in [6.45, 7) is 5.48. The minimum Gasteiger partial charge on any atom is -0.356 e. The highest BCUT2D eigenvalue weighted by Gasteiger charge is 2.31. The van der Waals surface area contributed by atoms with Gasteiger partial charge in [0.25, 0.3) is 5.91 Å². The van der Waals surface area contributed by atoms with Gasteiger partial charge in [0.1, 0.15) is 5.82 Å². The van der Waals surface area contributed by atoms with Crippen LogP contribution < -0.4 is 0 Å². The molecule has 1 atom stereocenters. The van der Waals surface area contributed by atoms with Crippen LogP contribution in [0.2, 0.25) is 0 Å². The van der Waals surface area contributed by atoms with Crippen molar-refractivity contribution in [2.75, 3.05) is 6.54 Å². The molecular weight excluding hydrogens is 360 g/mol. The number of benzene rings is 2. The Morgan fingerprint density at radius 2 is 1.97 bits per heavy atom. The summed E-state index contributed by atoms with van der Waals surface area (Å²) in [5, 5.41) is 1.28. The first-order valence-electron chi connectivity index (χ1n) is 10.1. The fraction of sp³-hybridized carbons (Fsp3) is 0.250. The van der Waals surface area contributed by atoms with E-state index < -0.39 is 0 Å². The third kappa shape index (κ3) is 2.94. The highest BCUT2D eigenvalue weighted by molar-refractivity contribution is 5.96. The summed E-state index contributed by atoms with van der Waals surface area (Å²) in [7, 11) is 0. The van der Waals surface area contributed by atoms with E-state index >= 15 is 0 Å². The lowest BCUT2D eigenvalue weighted by atomic mass is 9.96. The van der Waals surface area contributed by atoms with Crippen LogP contribution >= 0.6 is 0 Å². The second kappa shape index (κ2) is 6.92. The van der Waals surface area contributed by atoms with Crippen LogP contribution in [0.1, 0.15) is 46.0 Å². The number of carbonyl (C=O) groups excluding carboxylic acids is 1. The van der Waals surface area contributed by atoms with Gasteiger partial charge in [0.05, 0.1) is 6.04 Å². The number of hydrogen-bond donors (Lipinski definition) is 1. The molecule has 3 heterocycles. The van der Waals surface area contributed by atoms with Crippen LogP contribution in [0.25, 0.3) is 10.9 Å². The SMILES string of the molecule is Cc1nccn1Cc1ccccc1C(=O)N1CCc2c([nH]c3ccccc23)[C@H]1C. The van der Waals surface area contributed by atoms with Crippen LogP contribution in [0, 0.1) is 6.92 Å². The molecule has 0 fully saturated rings. The van der Waals surface area contributed by atoms with Gasteiger partial charge in [0, 0.05) is 47.6 Å². The van der Waals surface area contributed by atoms with Gasteiger partial charge in [0.15, 0.2) is 0 Å². The molecule has 0 radical (unpaired) electrons. The van der Waals surface area contributed by atoms with Crippen molar-refractivity contribution in [3.05, 3.63) is 89.1 Å². The van der Waals surface area contributed by atoms with Crippen molar-refractivity contribution in [2.24, 2.45) is 0 Å². The first kappa shape index (κ1) is 17.7. The molecule has 5 rings (SSSR count). The molecule has 5 nitrogen and oxygen atoms in total. The zero-order chi connectivity index (χ0) is 20.0. The molecule has 1 aliphatic rings. The molecular formula is C24H24N4O. The molecule has 2 aromatic carbocycles. The Kier molecular flexibility index (Phi) is 4.23. The van der Waals surface area contributed by atoms with E-state index in [0.717, 1.165) is 41.1 Å². The maximum absolute atomic E-state index is 13.6. The van der Waals surface area contributed by atoms with Crippen molar-refractivity contribution >= 4 is 16.8 Å². The van der Waals surface area contributed by atoms with Gasteiger partial charge < -0.3 is 14.5 Å². The average Bonchev–Trinajstić information content (AvgIpc) is 3.32. The predicted octanol–water partition coefficient (Wildman–Crippen LogP) is 4.48. The molecule has 1 N–H and O–H groups in total. The monoisotopic (exact) mass is 384 g/mol. The second-order valence-electron chi connectivity index (χ2n) is 7.75. The van der Waals surface area contributed by atoms with Crippen molar-refractivity contribution in [2.45, 2.75) is 32.9 Å². The van der Waals surface area contributed by atoms with E-state index in [2.05, 4.69) is 39.7 Å². The van der Waals surface area contributed by atoms with Gasteiger partial charge in [-0.25, -0.2) is 4.98 Å². The maximum Gasteiger partial charge on any atom is 0.254 e. The molecule has 1 amide bonds. The summed E-state index contributed by atoms with van der Waals surface area (Å²) in [5.74, 6) is 1.04. The van der Waals surface area contributed by atoms with E-state index in [4.69, 9.17) is 0 Å². The number of amides is 1. The quantitative estimate of drug-likeness (QED) is 0.566. The van der Waals surface area contributed by atoms with E-state index in [1.807, 2.05) is 48.4 Å². The molecule has 146 valence electrons. The van der Waals surface area contributed by atoms with Crippen LogP contribution in [0.3, 0.4) is 0 Å². The first-order chi connectivity index (χ1) is 14.1. The zero-order valence-corrected chi connectivity index (χ0v) is 16.7. The predicted molar refractivity (Wildman–Crippen MR) is 114 cm³/mol. The zero-order valence-electron chi connectivity index (χ0n) is 16.7. The normalized spacial score (nSPS) is 16.2. The fourth-order valence-corrected chi connectivity index (χ4v) is 4.48. The lowest BCUT2D eigenvalue weighted by Crippen LogP contribution is -2.39. The number of fused-ring (bicyclic) bond motifs is 3. The summed E-state index contributed by atoms with van der Waals surface area (Å²) in [6, 6.07) is 16.3. The number of aryl methyl sites for hydroxylation is 1. The molecule has 2 aromatic heterocycles. The van der Waals surface area contributed by atoms with Crippen LogP contribution in [-0.2, 0) is 13.0 Å². The summed E-state index contributed by atoms with van der Waals surface area (Å²) in [5.41, 5.74) is 5.45. The molecule has 0 bridgehead atoms. The van der Waals surface area contributed by atoms with Crippen LogP contribution in [-0.4, -0.2) is 31.9 Å². The number of para-hydroxylation sites is 1. The minimum absolute atomic E-state index is 0.0155. The topological polar surface area (TPSA) is 53.9 Å². The van der Waals surface area contributed by atoms with Gasteiger partial charge in [-0.05, 0) is 43.5 Å². The first-order valence-corrected chi connectivity index (χ1v) is 10.1. The molecule has 0 unspecified atom stereocenters. The Hall–Kier alpha value is -3.34. The molecule has 0 spiro atoms. The van der Waals surface area contributed by atoms with Crippen molar-refractivity contribution in [1.82, 2.24) is 19.4 Å². The molecule has 1 aliphatic heterocycles. The van der Waals surface area contributed by atoms with E-state index in [-0.39, 0.29) is 11.9 Å². The average molecular weight is 384 g/mol. The number of aromatic nitrogens is 3.